The van der Waals surface area contributed by atoms with Gasteiger partial charge < -0.3 is 14.8 Å². The highest BCUT2D eigenvalue weighted by Crippen LogP contribution is 2.38. The van der Waals surface area contributed by atoms with E-state index in [4.69, 9.17) is 9.47 Å². The minimum absolute atomic E-state index is 0.00726. The number of hydrogen-bond acceptors (Lipinski definition) is 4. The lowest BCUT2D eigenvalue weighted by Crippen LogP contribution is -2.40. The molecule has 1 fully saturated rings. The summed E-state index contributed by atoms with van der Waals surface area (Å²) in [6, 6.07) is 13.9. The van der Waals surface area contributed by atoms with Crippen molar-refractivity contribution >= 4 is 5.91 Å². The normalized spacial score (nSPS) is 21.8. The van der Waals surface area contributed by atoms with Crippen LogP contribution in [0.5, 0.6) is 11.5 Å². The summed E-state index contributed by atoms with van der Waals surface area (Å²) in [6.07, 6.45) is 6.85. The molecule has 5 rings (SSSR count). The van der Waals surface area contributed by atoms with Crippen molar-refractivity contribution in [2.24, 2.45) is 0 Å². The molecule has 1 unspecified atom stereocenters. The number of aromatic nitrogens is 1. The van der Waals surface area contributed by atoms with Gasteiger partial charge in [0, 0.05) is 17.8 Å². The average molecular weight is 465 g/mol. The molecule has 0 radical (unpaired) electrons. The van der Waals surface area contributed by atoms with E-state index >= 15 is 0 Å². The first-order chi connectivity index (χ1) is 16.6. The lowest BCUT2D eigenvalue weighted by Gasteiger charge is -2.30. The van der Waals surface area contributed by atoms with E-state index < -0.39 is 11.7 Å². The topological polar surface area (TPSA) is 60.5 Å². The zero-order chi connectivity index (χ0) is 23.5. The maximum atomic E-state index is 14.1. The fraction of sp³-hybridized carbons (Fsp3) is 0.333. The van der Waals surface area contributed by atoms with Crippen molar-refractivity contribution in [3.05, 3.63) is 89.2 Å². The summed E-state index contributed by atoms with van der Waals surface area (Å²) in [4.78, 5) is 16.0. The Morgan fingerprint density at radius 3 is 2.62 bits per heavy atom. The number of carbonyl (C=O) groups is 1. The number of ether oxygens (including phenoxy) is 2. The van der Waals surface area contributed by atoms with Crippen LogP contribution < -0.4 is 14.8 Å². The van der Waals surface area contributed by atoms with Gasteiger partial charge in [0.1, 0.15) is 23.4 Å². The van der Waals surface area contributed by atoms with Crippen LogP contribution in [0.15, 0.2) is 60.9 Å². The molecule has 0 spiro atoms. The van der Waals surface area contributed by atoms with E-state index in [0.29, 0.717) is 12.0 Å². The third kappa shape index (κ3) is 4.88. The molecule has 1 N–H and O–H groups in total. The second-order valence-electron chi connectivity index (χ2n) is 8.86. The molecule has 2 aliphatic rings. The van der Waals surface area contributed by atoms with Gasteiger partial charge in [0.05, 0.1) is 17.9 Å². The van der Waals surface area contributed by atoms with E-state index in [9.17, 15) is 13.6 Å². The van der Waals surface area contributed by atoms with Crippen LogP contribution in [0.4, 0.5) is 8.78 Å². The van der Waals surface area contributed by atoms with Gasteiger partial charge in [-0.3, -0.25) is 9.78 Å². The molecule has 1 aliphatic carbocycles. The van der Waals surface area contributed by atoms with Gasteiger partial charge in [0.2, 0.25) is 0 Å². The number of hydrogen-bond donors (Lipinski definition) is 1. The van der Waals surface area contributed by atoms with Crippen molar-refractivity contribution in [1.29, 1.82) is 0 Å². The number of amides is 1. The van der Waals surface area contributed by atoms with Gasteiger partial charge in [0.15, 0.2) is 5.82 Å². The third-order valence-corrected chi connectivity index (χ3v) is 6.56. The fourth-order valence-electron chi connectivity index (χ4n) is 4.73. The predicted octanol–water partition coefficient (Wildman–Crippen LogP) is 5.55. The molecule has 5 nitrogen and oxygen atoms in total. The van der Waals surface area contributed by atoms with E-state index in [1.165, 1.54) is 18.3 Å². The summed E-state index contributed by atoms with van der Waals surface area (Å²) in [5, 5.41) is 2.92. The summed E-state index contributed by atoms with van der Waals surface area (Å²) in [5.74, 6) is 0.287. The Labute approximate surface area is 197 Å². The summed E-state index contributed by atoms with van der Waals surface area (Å²) >= 11 is 0. The van der Waals surface area contributed by atoms with Crippen molar-refractivity contribution in [2.75, 3.05) is 0 Å². The van der Waals surface area contributed by atoms with Crippen molar-refractivity contribution in [3.8, 4) is 11.5 Å². The van der Waals surface area contributed by atoms with Gasteiger partial charge in [-0.2, -0.15) is 0 Å². The Bertz CT molecular complexity index is 1180. The minimum atomic E-state index is -0.617. The van der Waals surface area contributed by atoms with E-state index in [2.05, 4.69) is 10.3 Å². The SMILES string of the molecule is O=C(N[C@H]1CC[C@H](Oc2ccc3c(c2)CCC(c2ccccc2F)O3)CC1)c1ccncc1F. The molecule has 176 valence electrons. The number of halogens is 2. The first-order valence-corrected chi connectivity index (χ1v) is 11.7. The lowest BCUT2D eigenvalue weighted by molar-refractivity contribution is 0.0889. The highest BCUT2D eigenvalue weighted by atomic mass is 19.1. The molecule has 3 aromatic rings. The Kier molecular flexibility index (Phi) is 6.43. The molecular weight excluding hydrogens is 438 g/mol. The van der Waals surface area contributed by atoms with Crippen LogP contribution in [0.25, 0.3) is 0 Å². The van der Waals surface area contributed by atoms with Crippen LogP contribution >= 0.6 is 0 Å². The van der Waals surface area contributed by atoms with Crippen LogP contribution in [-0.4, -0.2) is 23.0 Å². The maximum absolute atomic E-state index is 14.1. The molecule has 0 bridgehead atoms. The molecule has 2 heterocycles. The molecular formula is C27H26F2N2O3. The summed E-state index contributed by atoms with van der Waals surface area (Å²) < 4.78 is 40.2. The first kappa shape index (κ1) is 22.3. The number of aryl methyl sites for hydroxylation is 1. The molecule has 1 aliphatic heterocycles. The number of carbonyl (C=O) groups excluding carboxylic acids is 1. The van der Waals surface area contributed by atoms with Gasteiger partial charge in [-0.1, -0.05) is 18.2 Å². The smallest absolute Gasteiger partial charge is 0.254 e. The number of benzene rings is 2. The molecule has 2 aromatic carbocycles. The molecule has 1 saturated carbocycles. The lowest BCUT2D eigenvalue weighted by atomic mass is 9.92. The van der Waals surface area contributed by atoms with Crippen LogP contribution in [-0.2, 0) is 6.42 Å². The zero-order valence-electron chi connectivity index (χ0n) is 18.7. The van der Waals surface area contributed by atoms with E-state index in [1.54, 1.807) is 12.1 Å². The number of pyridine rings is 1. The largest absolute Gasteiger partial charge is 0.490 e. The van der Waals surface area contributed by atoms with Crippen molar-refractivity contribution < 1.29 is 23.0 Å². The molecule has 34 heavy (non-hydrogen) atoms. The van der Waals surface area contributed by atoms with Crippen molar-refractivity contribution in [3.63, 3.8) is 0 Å². The highest BCUT2D eigenvalue weighted by molar-refractivity contribution is 5.94. The zero-order valence-corrected chi connectivity index (χ0v) is 18.7. The average Bonchev–Trinajstić information content (AvgIpc) is 2.85. The monoisotopic (exact) mass is 464 g/mol. The number of rotatable bonds is 5. The van der Waals surface area contributed by atoms with Crippen molar-refractivity contribution in [1.82, 2.24) is 10.3 Å². The molecule has 1 amide bonds. The number of nitrogens with one attached hydrogen (secondary N) is 1. The van der Waals surface area contributed by atoms with Crippen LogP contribution in [0.3, 0.4) is 0 Å². The van der Waals surface area contributed by atoms with Gasteiger partial charge >= 0.3 is 0 Å². The van der Waals surface area contributed by atoms with Gasteiger partial charge in [-0.15, -0.1) is 0 Å². The van der Waals surface area contributed by atoms with Crippen LogP contribution in [0.2, 0.25) is 0 Å². The minimum Gasteiger partial charge on any atom is -0.490 e. The van der Waals surface area contributed by atoms with Crippen molar-refractivity contribution in [2.45, 2.75) is 56.8 Å². The second-order valence-corrected chi connectivity index (χ2v) is 8.86. The van der Waals surface area contributed by atoms with Gasteiger partial charge in [-0.05, 0) is 74.4 Å². The summed E-state index contributed by atoms with van der Waals surface area (Å²) in [6.45, 7) is 0. The van der Waals surface area contributed by atoms with E-state index in [-0.39, 0.29) is 29.6 Å². The molecule has 1 aromatic heterocycles. The van der Waals surface area contributed by atoms with E-state index in [0.717, 1.165) is 55.4 Å². The van der Waals surface area contributed by atoms with Gasteiger partial charge in [0.25, 0.3) is 5.91 Å². The Balaban J connectivity index is 1.14. The van der Waals surface area contributed by atoms with Crippen LogP contribution in [0, 0.1) is 11.6 Å². The van der Waals surface area contributed by atoms with E-state index in [1.807, 2.05) is 24.3 Å². The second kappa shape index (κ2) is 9.79. The summed E-state index contributed by atoms with van der Waals surface area (Å²) in [7, 11) is 0. The number of fused-ring (bicyclic) bond motifs is 1. The standard InChI is InChI=1S/C27H26F2N2O3/c28-23-4-2-1-3-21(23)26-11-5-17-15-20(10-12-25(17)34-26)33-19-8-6-18(7-9-19)31-27(32)22-13-14-30-16-24(22)29/h1-4,10,12-16,18-19,26H,5-9,11H2,(H,31,32)/t18-,19-,26?. The predicted molar refractivity (Wildman–Crippen MR) is 123 cm³/mol. The molecule has 7 heteroatoms. The Morgan fingerprint density at radius 1 is 1.00 bits per heavy atom. The fourth-order valence-corrected chi connectivity index (χ4v) is 4.73. The van der Waals surface area contributed by atoms with Crippen LogP contribution in [0.1, 0.15) is 59.7 Å². The molecule has 0 saturated heterocycles. The van der Waals surface area contributed by atoms with Gasteiger partial charge in [-0.25, -0.2) is 8.78 Å². The maximum Gasteiger partial charge on any atom is 0.254 e. The summed E-state index contributed by atoms with van der Waals surface area (Å²) in [5.41, 5.74) is 1.66. The Hall–Kier alpha value is -3.48. The quantitative estimate of drug-likeness (QED) is 0.538. The highest BCUT2D eigenvalue weighted by Gasteiger charge is 2.27. The third-order valence-electron chi connectivity index (χ3n) is 6.56. The molecule has 1 atom stereocenters. The number of nitrogens with zero attached hydrogens (tertiary/aromatic N) is 1. The Morgan fingerprint density at radius 2 is 1.82 bits per heavy atom. The first-order valence-electron chi connectivity index (χ1n) is 11.7.